The van der Waals surface area contributed by atoms with Crippen molar-refractivity contribution in [3.8, 4) is 0 Å². The quantitative estimate of drug-likeness (QED) is 0.723. The van der Waals surface area contributed by atoms with Gasteiger partial charge in [-0.15, -0.1) is 0 Å². The lowest BCUT2D eigenvalue weighted by Gasteiger charge is -2.28. The number of fused-ring (bicyclic) bond motifs is 1. The molecule has 2 aliphatic rings. The summed E-state index contributed by atoms with van der Waals surface area (Å²) >= 11 is 5.87. The number of rotatable bonds is 2. The van der Waals surface area contributed by atoms with Crippen LogP contribution >= 0.6 is 11.6 Å². The van der Waals surface area contributed by atoms with Gasteiger partial charge in [-0.3, -0.25) is 0 Å². The van der Waals surface area contributed by atoms with Crippen LogP contribution in [0.15, 0.2) is 21.9 Å². The highest BCUT2D eigenvalue weighted by molar-refractivity contribution is 7.90. The van der Waals surface area contributed by atoms with Gasteiger partial charge in [-0.05, 0) is 30.9 Å². The van der Waals surface area contributed by atoms with Gasteiger partial charge in [0.2, 0.25) is 20.0 Å². The van der Waals surface area contributed by atoms with Crippen LogP contribution in [0.3, 0.4) is 0 Å². The lowest BCUT2D eigenvalue weighted by Crippen LogP contribution is -2.46. The number of anilines is 1. The molecule has 0 spiro atoms. The Kier molecular flexibility index (Phi) is 3.04. The lowest BCUT2D eigenvalue weighted by molar-refractivity contribution is 0.534. The van der Waals surface area contributed by atoms with Crippen LogP contribution in [0.2, 0.25) is 5.02 Å². The molecule has 1 aliphatic carbocycles. The standard InChI is InChI=1S/C10H12ClN3O4S2/c11-6-3-7-9(4-8(6)19(12,15)16)20(17,18)14-10(13-7)5-1-2-5/h3-5,10,13-14H,1-2H2,(H2,12,15,16). The van der Waals surface area contributed by atoms with Crippen molar-refractivity contribution in [2.45, 2.75) is 28.8 Å². The molecule has 0 amide bonds. The molecule has 110 valence electrons. The van der Waals surface area contributed by atoms with Crippen molar-refractivity contribution in [2.24, 2.45) is 11.1 Å². The molecule has 1 unspecified atom stereocenters. The maximum absolute atomic E-state index is 12.2. The van der Waals surface area contributed by atoms with E-state index in [4.69, 9.17) is 16.7 Å². The molecule has 0 radical (unpaired) electrons. The van der Waals surface area contributed by atoms with Gasteiger partial charge in [0.25, 0.3) is 0 Å². The highest BCUT2D eigenvalue weighted by atomic mass is 35.5. The molecule has 1 aliphatic heterocycles. The SMILES string of the molecule is NS(=O)(=O)c1cc2c(cc1Cl)NC(C1CC1)NS2(=O)=O. The zero-order valence-corrected chi connectivity index (χ0v) is 12.5. The minimum Gasteiger partial charge on any atom is -0.368 e. The Morgan fingerprint density at radius 3 is 2.50 bits per heavy atom. The molecule has 4 N–H and O–H groups in total. The van der Waals surface area contributed by atoms with E-state index in [0.717, 1.165) is 18.9 Å². The predicted octanol–water partition coefficient (Wildman–Crippen LogP) is 0.427. The third kappa shape index (κ3) is 2.40. The number of halogens is 1. The first kappa shape index (κ1) is 14.1. The maximum atomic E-state index is 12.2. The molecular formula is C10H12ClN3O4S2. The van der Waals surface area contributed by atoms with Gasteiger partial charge in [-0.2, -0.15) is 4.72 Å². The fourth-order valence-corrected chi connectivity index (χ4v) is 4.73. The molecule has 1 fully saturated rings. The molecule has 1 heterocycles. The van der Waals surface area contributed by atoms with E-state index in [2.05, 4.69) is 10.0 Å². The number of hydrogen-bond donors (Lipinski definition) is 3. The Labute approximate surface area is 121 Å². The fraction of sp³-hybridized carbons (Fsp3) is 0.400. The zero-order valence-electron chi connectivity index (χ0n) is 10.1. The van der Waals surface area contributed by atoms with E-state index in [9.17, 15) is 16.8 Å². The average molecular weight is 338 g/mol. The van der Waals surface area contributed by atoms with Crippen molar-refractivity contribution >= 4 is 37.3 Å². The number of nitrogens with one attached hydrogen (secondary N) is 2. The van der Waals surface area contributed by atoms with Crippen molar-refractivity contribution in [3.05, 3.63) is 17.2 Å². The fourth-order valence-electron chi connectivity index (χ4n) is 2.16. The summed E-state index contributed by atoms with van der Waals surface area (Å²) in [4.78, 5) is -0.571. The minimum absolute atomic E-state index is 0.106. The van der Waals surface area contributed by atoms with E-state index in [-0.39, 0.29) is 27.7 Å². The second-order valence-electron chi connectivity index (χ2n) is 4.90. The third-order valence-corrected chi connectivity index (χ3v) is 6.17. The molecular weight excluding hydrogens is 326 g/mol. The van der Waals surface area contributed by atoms with Crippen LogP contribution in [0.4, 0.5) is 5.69 Å². The Hall–Kier alpha value is -0.870. The Morgan fingerprint density at radius 1 is 1.30 bits per heavy atom. The molecule has 7 nitrogen and oxygen atoms in total. The van der Waals surface area contributed by atoms with Crippen LogP contribution in [0, 0.1) is 5.92 Å². The number of benzene rings is 1. The molecule has 1 atom stereocenters. The Balaban J connectivity index is 2.16. The van der Waals surface area contributed by atoms with E-state index in [0.29, 0.717) is 0 Å². The summed E-state index contributed by atoms with van der Waals surface area (Å²) in [5, 5.41) is 7.93. The van der Waals surface area contributed by atoms with E-state index in [1.54, 1.807) is 0 Å². The van der Waals surface area contributed by atoms with Gasteiger partial charge in [0.05, 0.1) is 16.9 Å². The predicted molar refractivity (Wildman–Crippen MR) is 73.3 cm³/mol. The minimum atomic E-state index is -4.09. The second-order valence-corrected chi connectivity index (χ2v) is 8.52. The van der Waals surface area contributed by atoms with Gasteiger partial charge >= 0.3 is 0 Å². The lowest BCUT2D eigenvalue weighted by atomic mass is 10.2. The highest BCUT2D eigenvalue weighted by Crippen LogP contribution is 2.39. The number of primary sulfonamides is 1. The van der Waals surface area contributed by atoms with E-state index in [1.165, 1.54) is 6.07 Å². The molecule has 10 heteroatoms. The highest BCUT2D eigenvalue weighted by Gasteiger charge is 2.39. The van der Waals surface area contributed by atoms with E-state index in [1.807, 2.05) is 0 Å². The van der Waals surface area contributed by atoms with Gasteiger partial charge in [-0.25, -0.2) is 22.0 Å². The summed E-state index contributed by atoms with van der Waals surface area (Å²) in [7, 11) is -7.87. The molecule has 0 bridgehead atoms. The van der Waals surface area contributed by atoms with Crippen LogP contribution in [-0.2, 0) is 20.0 Å². The molecule has 1 aromatic rings. The van der Waals surface area contributed by atoms with Crippen molar-refractivity contribution in [2.75, 3.05) is 5.32 Å². The van der Waals surface area contributed by atoms with E-state index >= 15 is 0 Å². The van der Waals surface area contributed by atoms with Gasteiger partial charge in [0, 0.05) is 0 Å². The van der Waals surface area contributed by atoms with E-state index < -0.39 is 24.9 Å². The second kappa shape index (κ2) is 4.31. The normalized spacial score (nSPS) is 24.8. The summed E-state index contributed by atoms with van der Waals surface area (Å²) < 4.78 is 49.6. The summed E-state index contributed by atoms with van der Waals surface area (Å²) in [6.07, 6.45) is 1.50. The van der Waals surface area contributed by atoms with Gasteiger partial charge < -0.3 is 5.32 Å². The number of sulfonamides is 2. The molecule has 3 rings (SSSR count). The molecule has 0 aromatic heterocycles. The smallest absolute Gasteiger partial charge is 0.244 e. The number of nitrogens with two attached hydrogens (primary N) is 1. The van der Waals surface area contributed by atoms with Crippen molar-refractivity contribution < 1.29 is 16.8 Å². The van der Waals surface area contributed by atoms with Gasteiger partial charge in [-0.1, -0.05) is 11.6 Å². The summed E-state index contributed by atoms with van der Waals surface area (Å²) in [6.45, 7) is 0. The average Bonchev–Trinajstić information content (AvgIpc) is 3.08. The first-order chi connectivity index (χ1) is 9.18. The molecule has 1 aromatic carbocycles. The van der Waals surface area contributed by atoms with Crippen LogP contribution in [0.25, 0.3) is 0 Å². The maximum Gasteiger partial charge on any atom is 0.244 e. The van der Waals surface area contributed by atoms with Crippen LogP contribution in [0.1, 0.15) is 12.8 Å². The third-order valence-electron chi connectivity index (χ3n) is 3.32. The van der Waals surface area contributed by atoms with Gasteiger partial charge in [0.15, 0.2) is 0 Å². The summed E-state index contributed by atoms with van der Waals surface area (Å²) in [6, 6.07) is 2.26. The zero-order chi connectivity index (χ0) is 14.7. The first-order valence-corrected chi connectivity index (χ1v) is 9.24. The van der Waals surface area contributed by atoms with Crippen molar-refractivity contribution in [1.82, 2.24) is 4.72 Å². The molecule has 1 saturated carbocycles. The van der Waals surface area contributed by atoms with Crippen molar-refractivity contribution in [3.63, 3.8) is 0 Å². The Bertz CT molecular complexity index is 787. The largest absolute Gasteiger partial charge is 0.368 e. The molecule has 20 heavy (non-hydrogen) atoms. The number of hydrogen-bond acceptors (Lipinski definition) is 5. The topological polar surface area (TPSA) is 118 Å². The Morgan fingerprint density at radius 2 is 1.95 bits per heavy atom. The first-order valence-electron chi connectivity index (χ1n) is 5.84. The summed E-state index contributed by atoms with van der Waals surface area (Å²) in [5.74, 6) is 0.245. The van der Waals surface area contributed by atoms with Crippen LogP contribution < -0.4 is 15.2 Å². The molecule has 0 saturated heterocycles. The van der Waals surface area contributed by atoms with Crippen molar-refractivity contribution in [1.29, 1.82) is 0 Å². The van der Waals surface area contributed by atoms with Gasteiger partial charge in [0.1, 0.15) is 9.79 Å². The van der Waals surface area contributed by atoms with Crippen LogP contribution in [-0.4, -0.2) is 23.0 Å². The summed E-state index contributed by atoms with van der Waals surface area (Å²) in [5.41, 5.74) is 0.290. The van der Waals surface area contributed by atoms with Crippen LogP contribution in [0.5, 0.6) is 0 Å². The monoisotopic (exact) mass is 337 g/mol.